The van der Waals surface area contributed by atoms with Crippen LogP contribution >= 0.6 is 24.0 Å². The maximum Gasteiger partial charge on any atom is 0.266 e. The van der Waals surface area contributed by atoms with E-state index in [0.717, 1.165) is 28.5 Å². The molecule has 1 aromatic carbocycles. The van der Waals surface area contributed by atoms with Crippen LogP contribution in [0.2, 0.25) is 0 Å². The molecule has 0 spiro atoms. The second-order valence-electron chi connectivity index (χ2n) is 8.42. The highest BCUT2D eigenvalue weighted by atomic mass is 32.2. The molecule has 3 heterocycles. The summed E-state index contributed by atoms with van der Waals surface area (Å²) in [5.41, 5.74) is 3.07. The topological polar surface area (TPSA) is 67.5 Å². The minimum atomic E-state index is -0.107. The lowest BCUT2D eigenvalue weighted by Crippen LogP contribution is -2.31. The highest BCUT2D eigenvalue weighted by Crippen LogP contribution is 2.35. The molecule has 3 aromatic rings. The molecule has 0 unspecified atom stereocenters. The molecular formula is C25H27N3O3S2. The number of carbonyl (C=O) groups excluding carboxylic acids is 2. The Morgan fingerprint density at radius 3 is 2.79 bits per heavy atom. The smallest absolute Gasteiger partial charge is 0.266 e. The summed E-state index contributed by atoms with van der Waals surface area (Å²) in [4.78, 5) is 27.9. The summed E-state index contributed by atoms with van der Waals surface area (Å²) < 4.78 is 7.85. The van der Waals surface area contributed by atoms with Gasteiger partial charge in [-0.3, -0.25) is 14.5 Å². The number of amides is 2. The van der Waals surface area contributed by atoms with E-state index in [-0.39, 0.29) is 18.4 Å². The van der Waals surface area contributed by atoms with Crippen molar-refractivity contribution < 1.29 is 14.0 Å². The van der Waals surface area contributed by atoms with Gasteiger partial charge in [0.25, 0.3) is 5.91 Å². The van der Waals surface area contributed by atoms with Crippen molar-refractivity contribution in [3.63, 3.8) is 0 Å². The number of benzene rings is 1. The summed E-state index contributed by atoms with van der Waals surface area (Å²) >= 11 is 6.79. The molecule has 1 aliphatic heterocycles. The zero-order valence-corrected chi connectivity index (χ0v) is 20.6. The Balaban J connectivity index is 1.64. The van der Waals surface area contributed by atoms with Gasteiger partial charge in [0.1, 0.15) is 16.6 Å². The minimum absolute atomic E-state index is 0.0533. The van der Waals surface area contributed by atoms with Gasteiger partial charge in [-0.1, -0.05) is 63.0 Å². The molecule has 0 radical (unpaired) electrons. The van der Waals surface area contributed by atoms with E-state index < -0.39 is 0 Å². The number of thiocarbonyl (C=S) groups is 1. The third kappa shape index (κ3) is 5.07. The van der Waals surface area contributed by atoms with Crippen molar-refractivity contribution in [1.82, 2.24) is 14.8 Å². The summed E-state index contributed by atoms with van der Waals surface area (Å²) in [6, 6.07) is 9.75. The van der Waals surface area contributed by atoms with E-state index in [1.165, 1.54) is 11.8 Å². The molecule has 2 aromatic heterocycles. The van der Waals surface area contributed by atoms with E-state index >= 15 is 0 Å². The van der Waals surface area contributed by atoms with Gasteiger partial charge >= 0.3 is 0 Å². The number of carbonyl (C=O) groups is 2. The predicted molar refractivity (Wildman–Crippen MR) is 137 cm³/mol. The van der Waals surface area contributed by atoms with Gasteiger partial charge in [-0.25, -0.2) is 0 Å². The Morgan fingerprint density at radius 1 is 1.27 bits per heavy atom. The standard InChI is InChI=1S/C25H27N3O3S2/c1-4-17-7-5-9-20-18(11-21-24(30)28(13-16(2)3)25(32)33-21)14-27(23(17)20)15-22(29)26-12-19-8-6-10-31-19/h5-11,14,16H,4,12-13,15H2,1-3H3,(H,26,29)/b21-11-. The first-order valence-electron chi connectivity index (χ1n) is 11.0. The summed E-state index contributed by atoms with van der Waals surface area (Å²) in [5, 5.41) is 3.92. The molecule has 0 atom stereocenters. The molecule has 1 fully saturated rings. The molecule has 0 saturated carbocycles. The van der Waals surface area contributed by atoms with Gasteiger partial charge in [-0.15, -0.1) is 0 Å². The molecule has 33 heavy (non-hydrogen) atoms. The largest absolute Gasteiger partial charge is 0.467 e. The average molecular weight is 482 g/mol. The Labute approximate surface area is 203 Å². The normalized spacial score (nSPS) is 15.4. The van der Waals surface area contributed by atoms with Crippen LogP contribution in [-0.2, 0) is 29.1 Å². The van der Waals surface area contributed by atoms with Gasteiger partial charge < -0.3 is 14.3 Å². The number of hydrogen-bond acceptors (Lipinski definition) is 5. The third-order valence-corrected chi connectivity index (χ3v) is 6.83. The molecule has 4 rings (SSSR count). The summed E-state index contributed by atoms with van der Waals surface area (Å²) in [7, 11) is 0. The van der Waals surface area contributed by atoms with Crippen LogP contribution in [0.5, 0.6) is 0 Å². The summed E-state index contributed by atoms with van der Waals surface area (Å²) in [6.45, 7) is 7.37. The highest BCUT2D eigenvalue weighted by Gasteiger charge is 2.32. The maximum absolute atomic E-state index is 13.0. The van der Waals surface area contributed by atoms with Gasteiger partial charge in [-0.05, 0) is 36.1 Å². The monoisotopic (exact) mass is 481 g/mol. The highest BCUT2D eigenvalue weighted by molar-refractivity contribution is 8.26. The third-order valence-electron chi connectivity index (χ3n) is 5.46. The molecule has 8 heteroatoms. The van der Waals surface area contributed by atoms with Crippen molar-refractivity contribution in [1.29, 1.82) is 0 Å². The van der Waals surface area contributed by atoms with E-state index in [0.29, 0.717) is 34.0 Å². The van der Waals surface area contributed by atoms with Crippen molar-refractivity contribution in [3.8, 4) is 0 Å². The van der Waals surface area contributed by atoms with Gasteiger partial charge in [0.2, 0.25) is 5.91 Å². The molecular weight excluding hydrogens is 454 g/mol. The van der Waals surface area contributed by atoms with E-state index in [2.05, 4.69) is 32.2 Å². The predicted octanol–water partition coefficient (Wildman–Crippen LogP) is 4.97. The quantitative estimate of drug-likeness (QED) is 0.363. The lowest BCUT2D eigenvalue weighted by atomic mass is 10.1. The number of thioether (sulfide) groups is 1. The Kier molecular flexibility index (Phi) is 7.05. The van der Waals surface area contributed by atoms with E-state index in [4.69, 9.17) is 16.6 Å². The number of fused-ring (bicyclic) bond motifs is 1. The van der Waals surface area contributed by atoms with Gasteiger partial charge in [-0.2, -0.15) is 0 Å². The molecule has 6 nitrogen and oxygen atoms in total. The zero-order chi connectivity index (χ0) is 23.5. The molecule has 172 valence electrons. The second kappa shape index (κ2) is 9.97. The number of aromatic nitrogens is 1. The van der Waals surface area contributed by atoms with Crippen molar-refractivity contribution in [2.75, 3.05) is 6.54 Å². The van der Waals surface area contributed by atoms with Crippen molar-refractivity contribution in [3.05, 3.63) is 64.6 Å². The minimum Gasteiger partial charge on any atom is -0.467 e. The number of aryl methyl sites for hydroxylation is 1. The van der Waals surface area contributed by atoms with Crippen molar-refractivity contribution >= 4 is 57.1 Å². The fraction of sp³-hybridized carbons (Fsp3) is 0.320. The first kappa shape index (κ1) is 23.3. The van der Waals surface area contributed by atoms with Crippen LogP contribution in [0.15, 0.2) is 52.1 Å². The van der Waals surface area contributed by atoms with E-state index in [1.807, 2.05) is 35.0 Å². The van der Waals surface area contributed by atoms with Crippen molar-refractivity contribution in [2.24, 2.45) is 5.92 Å². The Morgan fingerprint density at radius 2 is 2.09 bits per heavy atom. The zero-order valence-electron chi connectivity index (χ0n) is 19.0. The van der Waals surface area contributed by atoms with E-state index in [9.17, 15) is 9.59 Å². The number of hydrogen-bond donors (Lipinski definition) is 1. The van der Waals surface area contributed by atoms with Gasteiger partial charge in [0, 0.05) is 23.7 Å². The number of nitrogens with zero attached hydrogens (tertiary/aromatic N) is 2. The molecule has 0 aliphatic carbocycles. The molecule has 1 aliphatic rings. The average Bonchev–Trinajstić information content (AvgIpc) is 3.48. The Bertz CT molecular complexity index is 1230. The Hall–Kier alpha value is -2.84. The fourth-order valence-electron chi connectivity index (χ4n) is 3.96. The molecule has 0 bridgehead atoms. The second-order valence-corrected chi connectivity index (χ2v) is 10.1. The van der Waals surface area contributed by atoms with E-state index in [1.54, 1.807) is 17.2 Å². The SMILES string of the molecule is CCc1cccc2c(/C=C3\SC(=S)N(CC(C)C)C3=O)cn(CC(=O)NCc3ccco3)c12. The summed E-state index contributed by atoms with van der Waals surface area (Å²) in [5.74, 6) is 0.881. The lowest BCUT2D eigenvalue weighted by Gasteiger charge is -2.16. The fourth-order valence-corrected chi connectivity index (χ4v) is 5.23. The van der Waals surface area contributed by atoms with Gasteiger partial charge in [0.15, 0.2) is 0 Å². The van der Waals surface area contributed by atoms with Crippen LogP contribution in [0.1, 0.15) is 37.7 Å². The summed E-state index contributed by atoms with van der Waals surface area (Å²) in [6.07, 6.45) is 6.28. The van der Waals surface area contributed by atoms with Crippen LogP contribution in [-0.4, -0.2) is 32.1 Å². The number of para-hydroxylation sites is 1. The van der Waals surface area contributed by atoms with Crippen LogP contribution < -0.4 is 5.32 Å². The molecule has 1 saturated heterocycles. The number of nitrogens with one attached hydrogen (secondary N) is 1. The van der Waals surface area contributed by atoms with Crippen molar-refractivity contribution in [2.45, 2.75) is 40.3 Å². The van der Waals surface area contributed by atoms with Crippen LogP contribution in [0.25, 0.3) is 17.0 Å². The van der Waals surface area contributed by atoms with Crippen LogP contribution in [0.4, 0.5) is 0 Å². The first-order valence-corrected chi connectivity index (χ1v) is 12.2. The number of rotatable bonds is 8. The lowest BCUT2D eigenvalue weighted by molar-refractivity contribution is -0.123. The molecule has 1 N–H and O–H groups in total. The van der Waals surface area contributed by atoms with Crippen LogP contribution in [0, 0.1) is 5.92 Å². The first-order chi connectivity index (χ1) is 15.9. The van der Waals surface area contributed by atoms with Crippen LogP contribution in [0.3, 0.4) is 0 Å². The number of furan rings is 1. The van der Waals surface area contributed by atoms with Gasteiger partial charge in [0.05, 0.1) is 23.2 Å². The maximum atomic E-state index is 13.0. The molecule has 2 amide bonds.